The Morgan fingerprint density at radius 1 is 1.25 bits per heavy atom. The van der Waals surface area contributed by atoms with E-state index in [-0.39, 0.29) is 23.6 Å². The SMILES string of the molecule is O=C(Nc1ccc(OC2CCCOC2)c(F)c1)c1nc(N2CCCC2)oc1CC(F)(F)F. The van der Waals surface area contributed by atoms with Crippen LogP contribution >= 0.6 is 0 Å². The van der Waals surface area contributed by atoms with Gasteiger partial charge in [-0.1, -0.05) is 0 Å². The molecule has 2 aromatic rings. The second kappa shape index (κ2) is 9.35. The maximum atomic E-state index is 14.5. The Morgan fingerprint density at radius 2 is 2.03 bits per heavy atom. The van der Waals surface area contributed by atoms with Crippen molar-refractivity contribution in [1.82, 2.24) is 4.98 Å². The smallest absolute Gasteiger partial charge is 0.396 e. The van der Waals surface area contributed by atoms with Crippen LogP contribution in [0.2, 0.25) is 0 Å². The molecule has 11 heteroatoms. The summed E-state index contributed by atoms with van der Waals surface area (Å²) < 4.78 is 69.6. The average molecular weight is 457 g/mol. The first kappa shape index (κ1) is 22.4. The van der Waals surface area contributed by atoms with Crippen LogP contribution in [0.5, 0.6) is 5.75 Å². The molecule has 0 saturated carbocycles. The van der Waals surface area contributed by atoms with E-state index in [4.69, 9.17) is 13.9 Å². The van der Waals surface area contributed by atoms with Gasteiger partial charge in [-0.25, -0.2) is 4.39 Å². The van der Waals surface area contributed by atoms with Crippen LogP contribution in [-0.4, -0.2) is 49.5 Å². The monoisotopic (exact) mass is 457 g/mol. The van der Waals surface area contributed by atoms with Crippen molar-refractivity contribution in [2.45, 2.75) is 44.4 Å². The van der Waals surface area contributed by atoms with Crippen molar-refractivity contribution in [3.63, 3.8) is 0 Å². The summed E-state index contributed by atoms with van der Waals surface area (Å²) in [5.41, 5.74) is -0.410. The lowest BCUT2D eigenvalue weighted by Gasteiger charge is -2.23. The van der Waals surface area contributed by atoms with E-state index in [1.165, 1.54) is 12.1 Å². The van der Waals surface area contributed by atoms with Gasteiger partial charge < -0.3 is 24.1 Å². The van der Waals surface area contributed by atoms with Crippen molar-refractivity contribution in [1.29, 1.82) is 0 Å². The van der Waals surface area contributed by atoms with E-state index in [1.54, 1.807) is 4.90 Å². The van der Waals surface area contributed by atoms with Crippen LogP contribution in [0.1, 0.15) is 41.9 Å². The highest BCUT2D eigenvalue weighted by Crippen LogP contribution is 2.30. The molecule has 7 nitrogen and oxygen atoms in total. The number of anilines is 2. The maximum Gasteiger partial charge on any atom is 0.396 e. The topological polar surface area (TPSA) is 76.8 Å². The van der Waals surface area contributed by atoms with Crippen LogP contribution in [0.4, 0.5) is 29.3 Å². The molecule has 1 unspecified atom stereocenters. The Bertz CT molecular complexity index is 951. The average Bonchev–Trinajstić information content (AvgIpc) is 3.40. The molecule has 0 aliphatic carbocycles. The third-order valence-corrected chi connectivity index (χ3v) is 5.24. The number of amides is 1. The van der Waals surface area contributed by atoms with Crippen LogP contribution in [0.25, 0.3) is 0 Å². The van der Waals surface area contributed by atoms with Gasteiger partial charge in [-0.15, -0.1) is 0 Å². The second-order valence-electron chi connectivity index (χ2n) is 7.81. The Hall–Kier alpha value is -2.82. The summed E-state index contributed by atoms with van der Waals surface area (Å²) in [4.78, 5) is 18.4. The predicted octanol–water partition coefficient (Wildman–Crippen LogP) is 4.33. The zero-order valence-corrected chi connectivity index (χ0v) is 17.2. The molecule has 0 bridgehead atoms. The van der Waals surface area contributed by atoms with Gasteiger partial charge in [0.2, 0.25) is 0 Å². The van der Waals surface area contributed by atoms with E-state index in [0.29, 0.717) is 26.3 Å². The minimum atomic E-state index is -4.58. The summed E-state index contributed by atoms with van der Waals surface area (Å²) in [5, 5.41) is 2.39. The first-order valence-electron chi connectivity index (χ1n) is 10.5. The normalized spacial score (nSPS) is 19.2. The summed E-state index contributed by atoms with van der Waals surface area (Å²) in [5.74, 6) is -2.18. The number of alkyl halides is 3. The third-order valence-electron chi connectivity index (χ3n) is 5.24. The molecule has 0 radical (unpaired) electrons. The van der Waals surface area contributed by atoms with Crippen molar-refractivity contribution in [3.8, 4) is 5.75 Å². The van der Waals surface area contributed by atoms with E-state index in [1.807, 2.05) is 0 Å². The molecule has 32 heavy (non-hydrogen) atoms. The third kappa shape index (κ3) is 5.50. The molecule has 3 heterocycles. The molecule has 0 spiro atoms. The van der Waals surface area contributed by atoms with Crippen LogP contribution < -0.4 is 15.0 Å². The van der Waals surface area contributed by atoms with Crippen molar-refractivity contribution in [2.75, 3.05) is 36.5 Å². The van der Waals surface area contributed by atoms with E-state index < -0.39 is 35.8 Å². The summed E-state index contributed by atoms with van der Waals surface area (Å²) >= 11 is 0. The number of hydrogen-bond donors (Lipinski definition) is 1. The Kier molecular flexibility index (Phi) is 6.54. The number of rotatable bonds is 6. The first-order valence-corrected chi connectivity index (χ1v) is 10.5. The van der Waals surface area contributed by atoms with Crippen LogP contribution in [-0.2, 0) is 11.2 Å². The number of ether oxygens (including phenoxy) is 2. The lowest BCUT2D eigenvalue weighted by molar-refractivity contribution is -0.130. The zero-order chi connectivity index (χ0) is 22.7. The number of nitrogens with one attached hydrogen (secondary N) is 1. The molecule has 2 fully saturated rings. The fraction of sp³-hybridized carbons (Fsp3) is 0.524. The minimum absolute atomic E-state index is 0.00835. The number of halogens is 4. The molecule has 174 valence electrons. The Morgan fingerprint density at radius 3 is 2.69 bits per heavy atom. The molecule has 2 saturated heterocycles. The number of hydrogen-bond acceptors (Lipinski definition) is 6. The molecule has 4 rings (SSSR count). The van der Waals surface area contributed by atoms with Crippen molar-refractivity contribution in [2.24, 2.45) is 0 Å². The second-order valence-corrected chi connectivity index (χ2v) is 7.81. The largest absolute Gasteiger partial charge is 0.485 e. The highest BCUT2D eigenvalue weighted by molar-refractivity contribution is 6.03. The van der Waals surface area contributed by atoms with E-state index in [9.17, 15) is 22.4 Å². The standard InChI is InChI=1S/C21H23F4N3O4/c22-15-10-13(5-6-16(15)31-14-4-3-9-30-12-14)26-19(29)18-17(11-21(23,24)25)32-20(27-18)28-7-1-2-8-28/h5-6,10,14H,1-4,7-9,11-12H2,(H,26,29). The maximum absolute atomic E-state index is 14.5. The van der Waals surface area contributed by atoms with Crippen molar-refractivity contribution >= 4 is 17.6 Å². The molecule has 1 atom stereocenters. The Balaban J connectivity index is 1.49. The van der Waals surface area contributed by atoms with E-state index >= 15 is 0 Å². The van der Waals surface area contributed by atoms with Crippen LogP contribution in [0, 0.1) is 5.82 Å². The molecular formula is C21H23F4N3O4. The molecule has 1 aromatic carbocycles. The van der Waals surface area contributed by atoms with E-state index in [0.717, 1.165) is 31.7 Å². The number of carbonyl (C=O) groups is 1. The van der Waals surface area contributed by atoms with Gasteiger partial charge in [0.05, 0.1) is 6.61 Å². The molecule has 2 aliphatic heterocycles. The van der Waals surface area contributed by atoms with Gasteiger partial charge in [0.25, 0.3) is 11.9 Å². The van der Waals surface area contributed by atoms with Crippen molar-refractivity contribution in [3.05, 3.63) is 35.5 Å². The minimum Gasteiger partial charge on any atom is -0.485 e. The Labute approximate surface area is 181 Å². The van der Waals surface area contributed by atoms with Gasteiger partial charge >= 0.3 is 6.18 Å². The zero-order valence-electron chi connectivity index (χ0n) is 17.2. The fourth-order valence-corrected chi connectivity index (χ4v) is 3.71. The quantitative estimate of drug-likeness (QED) is 0.651. The first-order chi connectivity index (χ1) is 15.3. The van der Waals surface area contributed by atoms with Gasteiger partial charge in [-0.05, 0) is 37.8 Å². The van der Waals surface area contributed by atoms with Gasteiger partial charge in [0.1, 0.15) is 18.3 Å². The number of aromatic nitrogens is 1. The predicted molar refractivity (Wildman–Crippen MR) is 107 cm³/mol. The van der Waals surface area contributed by atoms with E-state index in [2.05, 4.69) is 10.3 Å². The summed E-state index contributed by atoms with van der Waals surface area (Å²) in [6.45, 7) is 2.19. The molecule has 2 aliphatic rings. The molecule has 1 aromatic heterocycles. The number of carbonyl (C=O) groups excluding carboxylic acids is 1. The lowest BCUT2D eigenvalue weighted by atomic mass is 10.2. The summed E-state index contributed by atoms with van der Waals surface area (Å²) in [6, 6.07) is 3.79. The molecule has 1 amide bonds. The van der Waals surface area contributed by atoms with Crippen LogP contribution in [0.3, 0.4) is 0 Å². The highest BCUT2D eigenvalue weighted by atomic mass is 19.4. The van der Waals surface area contributed by atoms with Crippen LogP contribution in [0.15, 0.2) is 22.6 Å². The van der Waals surface area contributed by atoms with Gasteiger partial charge in [0.15, 0.2) is 17.3 Å². The van der Waals surface area contributed by atoms with Gasteiger partial charge in [0, 0.05) is 31.5 Å². The molecule has 1 N–H and O–H groups in total. The van der Waals surface area contributed by atoms with Gasteiger partial charge in [-0.2, -0.15) is 18.2 Å². The summed E-state index contributed by atoms with van der Waals surface area (Å²) in [7, 11) is 0. The highest BCUT2D eigenvalue weighted by Gasteiger charge is 2.35. The molecular weight excluding hydrogens is 434 g/mol. The number of nitrogens with zero attached hydrogens (tertiary/aromatic N) is 2. The lowest BCUT2D eigenvalue weighted by Crippen LogP contribution is -2.28. The number of benzene rings is 1. The summed E-state index contributed by atoms with van der Waals surface area (Å²) in [6.07, 6.45) is -2.99. The number of oxazole rings is 1. The fourth-order valence-electron chi connectivity index (χ4n) is 3.71. The van der Waals surface area contributed by atoms with Gasteiger partial charge in [-0.3, -0.25) is 4.79 Å². The van der Waals surface area contributed by atoms with Crippen molar-refractivity contribution < 1.29 is 36.2 Å².